The molecule has 0 unspecified atom stereocenters. The van der Waals surface area contributed by atoms with E-state index in [2.05, 4.69) is 85.5 Å². The molecule has 134 valence electrons. The molecule has 3 rings (SSSR count). The van der Waals surface area contributed by atoms with E-state index in [1.165, 1.54) is 27.8 Å². The molecule has 1 heteroatoms. The molecule has 0 aliphatic carbocycles. The van der Waals surface area contributed by atoms with E-state index < -0.39 is 0 Å². The number of hydrogen-bond donors (Lipinski definition) is 1. The van der Waals surface area contributed by atoms with Gasteiger partial charge in [-0.25, -0.2) is 0 Å². The van der Waals surface area contributed by atoms with Crippen molar-refractivity contribution in [1.29, 1.82) is 0 Å². The first-order valence-corrected chi connectivity index (χ1v) is 9.17. The maximum Gasteiger partial charge on any atom is 0.0306 e. The van der Waals surface area contributed by atoms with Gasteiger partial charge >= 0.3 is 0 Å². The summed E-state index contributed by atoms with van der Waals surface area (Å²) in [7, 11) is 0. The Balaban J connectivity index is 1.71. The van der Waals surface area contributed by atoms with Gasteiger partial charge in [-0.3, -0.25) is 0 Å². The molecule has 3 aromatic rings. The number of allylic oxidation sites excluding steroid dienone is 4. The summed E-state index contributed by atoms with van der Waals surface area (Å²) in [5, 5.41) is 0. The number of benzene rings is 3. The molecule has 0 aromatic heterocycles. The van der Waals surface area contributed by atoms with Crippen LogP contribution >= 0.6 is 0 Å². The molecule has 0 heterocycles. The molecular formula is C26H25N. The van der Waals surface area contributed by atoms with Gasteiger partial charge in [0.05, 0.1) is 0 Å². The molecule has 27 heavy (non-hydrogen) atoms. The van der Waals surface area contributed by atoms with Crippen molar-refractivity contribution in [1.82, 2.24) is 0 Å². The van der Waals surface area contributed by atoms with Crippen molar-refractivity contribution >= 4 is 0 Å². The molecule has 0 aliphatic rings. The summed E-state index contributed by atoms with van der Waals surface area (Å²) in [6, 6.07) is 27.8. The van der Waals surface area contributed by atoms with Crippen LogP contribution in [0.15, 0.2) is 115 Å². The van der Waals surface area contributed by atoms with E-state index in [1.807, 2.05) is 19.1 Å². The highest BCUT2D eigenvalue weighted by Gasteiger charge is 2.01. The second kappa shape index (κ2) is 8.86. The van der Waals surface area contributed by atoms with Crippen LogP contribution in [0, 0.1) is 0 Å². The van der Waals surface area contributed by atoms with Gasteiger partial charge in [0, 0.05) is 5.70 Å². The molecule has 0 fully saturated rings. The summed E-state index contributed by atoms with van der Waals surface area (Å²) in [5.41, 5.74) is 14.1. The van der Waals surface area contributed by atoms with Gasteiger partial charge in [-0.15, -0.1) is 0 Å². The van der Waals surface area contributed by atoms with Crippen molar-refractivity contribution in [2.75, 3.05) is 0 Å². The minimum Gasteiger partial charge on any atom is -0.399 e. The molecule has 0 bridgehead atoms. The van der Waals surface area contributed by atoms with Crippen molar-refractivity contribution < 1.29 is 0 Å². The van der Waals surface area contributed by atoms with E-state index in [4.69, 9.17) is 5.73 Å². The van der Waals surface area contributed by atoms with Gasteiger partial charge in [0.15, 0.2) is 0 Å². The predicted octanol–water partition coefficient (Wildman–Crippen LogP) is 6.54. The summed E-state index contributed by atoms with van der Waals surface area (Å²) < 4.78 is 0. The van der Waals surface area contributed by atoms with Gasteiger partial charge in [-0.1, -0.05) is 104 Å². The second-order valence-electron chi connectivity index (χ2n) is 6.59. The first kappa shape index (κ1) is 18.5. The summed E-state index contributed by atoms with van der Waals surface area (Å²) in [4.78, 5) is 0. The average Bonchev–Trinajstić information content (AvgIpc) is 2.73. The van der Waals surface area contributed by atoms with E-state index in [9.17, 15) is 0 Å². The standard InChI is InChI=1S/C26H25N/c1-3-7-20(2)26(27)19-12-21-10-13-23(14-11-21)25-17-15-24(16-18-25)22-8-5-4-6-9-22/h3-11,13-19H,1,12,27H2,2H3/b20-7+,26-19-. The van der Waals surface area contributed by atoms with Crippen LogP contribution in [0.25, 0.3) is 22.3 Å². The molecule has 0 saturated heterocycles. The first-order valence-electron chi connectivity index (χ1n) is 9.17. The highest BCUT2D eigenvalue weighted by atomic mass is 14.6. The van der Waals surface area contributed by atoms with Gasteiger partial charge in [0.2, 0.25) is 0 Å². The van der Waals surface area contributed by atoms with E-state index in [-0.39, 0.29) is 0 Å². The van der Waals surface area contributed by atoms with Crippen LogP contribution in [-0.2, 0) is 6.42 Å². The topological polar surface area (TPSA) is 26.0 Å². The fourth-order valence-electron chi connectivity index (χ4n) is 2.98. The highest BCUT2D eigenvalue weighted by molar-refractivity contribution is 5.70. The zero-order valence-corrected chi connectivity index (χ0v) is 15.7. The lowest BCUT2D eigenvalue weighted by atomic mass is 9.99. The van der Waals surface area contributed by atoms with Crippen molar-refractivity contribution in [2.24, 2.45) is 5.73 Å². The minimum absolute atomic E-state index is 0.801. The Labute approximate surface area is 162 Å². The zero-order valence-electron chi connectivity index (χ0n) is 15.7. The summed E-state index contributed by atoms with van der Waals surface area (Å²) >= 11 is 0. The van der Waals surface area contributed by atoms with Crippen molar-refractivity contribution in [2.45, 2.75) is 13.3 Å². The third-order valence-electron chi connectivity index (χ3n) is 4.66. The quantitative estimate of drug-likeness (QED) is 0.501. The van der Waals surface area contributed by atoms with Gasteiger partial charge in [-0.05, 0) is 46.7 Å². The fourth-order valence-corrected chi connectivity index (χ4v) is 2.98. The molecule has 0 radical (unpaired) electrons. The molecule has 0 amide bonds. The minimum atomic E-state index is 0.801. The number of nitrogens with two attached hydrogens (primary N) is 1. The monoisotopic (exact) mass is 351 g/mol. The lowest BCUT2D eigenvalue weighted by molar-refractivity contribution is 1.19. The Morgan fingerprint density at radius 3 is 1.78 bits per heavy atom. The Kier molecular flexibility index (Phi) is 6.06. The molecule has 0 aliphatic heterocycles. The second-order valence-corrected chi connectivity index (χ2v) is 6.59. The van der Waals surface area contributed by atoms with E-state index >= 15 is 0 Å². The summed E-state index contributed by atoms with van der Waals surface area (Å²) in [6.07, 6.45) is 6.56. The Morgan fingerprint density at radius 2 is 1.26 bits per heavy atom. The van der Waals surface area contributed by atoms with Crippen LogP contribution < -0.4 is 5.73 Å². The molecular weight excluding hydrogens is 326 g/mol. The van der Waals surface area contributed by atoms with Crippen molar-refractivity contribution in [3.63, 3.8) is 0 Å². The third-order valence-corrected chi connectivity index (χ3v) is 4.66. The normalized spacial score (nSPS) is 12.0. The molecule has 2 N–H and O–H groups in total. The number of hydrogen-bond acceptors (Lipinski definition) is 1. The van der Waals surface area contributed by atoms with Crippen LogP contribution in [0.3, 0.4) is 0 Å². The molecule has 0 spiro atoms. The van der Waals surface area contributed by atoms with Crippen molar-refractivity contribution in [3.05, 3.63) is 121 Å². The SMILES string of the molecule is C=C/C=C(C)/C(N)=C/Cc1ccc(-c2ccc(-c3ccccc3)cc2)cc1. The zero-order chi connectivity index (χ0) is 19.1. The van der Waals surface area contributed by atoms with Crippen LogP contribution in [0.2, 0.25) is 0 Å². The van der Waals surface area contributed by atoms with Crippen LogP contribution in [0.5, 0.6) is 0 Å². The van der Waals surface area contributed by atoms with E-state index in [1.54, 1.807) is 6.08 Å². The lowest BCUT2D eigenvalue weighted by Gasteiger charge is -2.06. The van der Waals surface area contributed by atoms with Crippen LogP contribution in [-0.4, -0.2) is 0 Å². The highest BCUT2D eigenvalue weighted by Crippen LogP contribution is 2.25. The maximum atomic E-state index is 6.08. The maximum absolute atomic E-state index is 6.08. The Bertz CT molecular complexity index is 943. The third kappa shape index (κ3) is 4.86. The van der Waals surface area contributed by atoms with E-state index in [0.717, 1.165) is 17.7 Å². The lowest BCUT2D eigenvalue weighted by Crippen LogP contribution is -1.99. The van der Waals surface area contributed by atoms with Gasteiger partial charge in [0.1, 0.15) is 0 Å². The van der Waals surface area contributed by atoms with Crippen molar-refractivity contribution in [3.8, 4) is 22.3 Å². The summed E-state index contributed by atoms with van der Waals surface area (Å²) in [5.74, 6) is 0. The largest absolute Gasteiger partial charge is 0.399 e. The Morgan fingerprint density at radius 1 is 0.778 bits per heavy atom. The summed E-state index contributed by atoms with van der Waals surface area (Å²) in [6.45, 7) is 5.70. The molecule has 0 atom stereocenters. The predicted molar refractivity (Wildman–Crippen MR) is 117 cm³/mol. The van der Waals surface area contributed by atoms with Gasteiger partial charge in [0.25, 0.3) is 0 Å². The van der Waals surface area contributed by atoms with Gasteiger partial charge < -0.3 is 5.73 Å². The Hall–Kier alpha value is -3.32. The average molecular weight is 351 g/mol. The van der Waals surface area contributed by atoms with E-state index in [0.29, 0.717) is 0 Å². The molecule has 1 nitrogen and oxygen atoms in total. The number of rotatable bonds is 6. The van der Waals surface area contributed by atoms with Crippen LogP contribution in [0.4, 0.5) is 0 Å². The molecule has 3 aromatic carbocycles. The van der Waals surface area contributed by atoms with Crippen LogP contribution in [0.1, 0.15) is 12.5 Å². The smallest absolute Gasteiger partial charge is 0.0306 e. The fraction of sp³-hybridized carbons (Fsp3) is 0.0769. The van der Waals surface area contributed by atoms with Gasteiger partial charge in [-0.2, -0.15) is 0 Å². The first-order chi connectivity index (χ1) is 13.2. The molecule has 0 saturated carbocycles.